The molecule has 0 saturated carbocycles. The van der Waals surface area contributed by atoms with Crippen LogP contribution in [0.1, 0.15) is 43.7 Å². The highest BCUT2D eigenvalue weighted by Crippen LogP contribution is 2.59. The lowest BCUT2D eigenvalue weighted by Crippen LogP contribution is -2.56. The van der Waals surface area contributed by atoms with Gasteiger partial charge in [-0.1, -0.05) is 82.1 Å². The number of cyclic esters (lactones) is 1. The van der Waals surface area contributed by atoms with Crippen molar-refractivity contribution in [2.24, 2.45) is 11.8 Å². The van der Waals surface area contributed by atoms with E-state index in [1.165, 1.54) is 4.90 Å². The van der Waals surface area contributed by atoms with E-state index in [0.717, 1.165) is 5.56 Å². The second-order valence-corrected chi connectivity index (χ2v) is 13.5. The summed E-state index contributed by atoms with van der Waals surface area (Å²) in [6.07, 6.45) is 6.86. The Kier molecular flexibility index (Phi) is 10.2. The van der Waals surface area contributed by atoms with Gasteiger partial charge in [0.1, 0.15) is 24.4 Å². The molecule has 2 aromatic rings. The number of rotatable bonds is 7. The van der Waals surface area contributed by atoms with Gasteiger partial charge in [-0.05, 0) is 49.5 Å². The van der Waals surface area contributed by atoms with Crippen molar-refractivity contribution >= 4 is 56.9 Å². The summed E-state index contributed by atoms with van der Waals surface area (Å²) in [6.45, 7) is 0.303. The van der Waals surface area contributed by atoms with Crippen molar-refractivity contribution in [1.82, 2.24) is 10.2 Å². The average molecular weight is 727 g/mol. The van der Waals surface area contributed by atoms with E-state index in [2.05, 4.69) is 21.2 Å². The Morgan fingerprint density at radius 2 is 1.74 bits per heavy atom. The van der Waals surface area contributed by atoms with Crippen LogP contribution in [0, 0.1) is 11.8 Å². The fourth-order valence-electron chi connectivity index (χ4n) is 7.15. The number of carbonyl (C=O) groups is 4. The van der Waals surface area contributed by atoms with Gasteiger partial charge in [0, 0.05) is 30.6 Å². The summed E-state index contributed by atoms with van der Waals surface area (Å²) in [7, 11) is 0. The Morgan fingerprint density at radius 1 is 0.979 bits per heavy atom. The molecule has 3 amide bonds. The highest BCUT2D eigenvalue weighted by atomic mass is 79.9. The molecule has 248 valence electrons. The number of likely N-dealkylation sites (tertiary alicyclic amines) is 1. The molecular formula is C35H37BrClN3O7. The average Bonchev–Trinajstić information content (AvgIpc) is 3.66. The van der Waals surface area contributed by atoms with Gasteiger partial charge in [-0.25, -0.2) is 0 Å². The normalized spacial score (nSPS) is 30.2. The fraction of sp³-hybridized carbons (Fsp3) is 0.429. The number of benzene rings is 2. The van der Waals surface area contributed by atoms with Crippen molar-refractivity contribution in [3.05, 3.63) is 87.9 Å². The van der Waals surface area contributed by atoms with Crippen molar-refractivity contribution in [2.45, 2.75) is 55.9 Å². The zero-order valence-electron chi connectivity index (χ0n) is 25.7. The smallest absolute Gasteiger partial charge is 0.306 e. The highest BCUT2D eigenvalue weighted by Gasteiger charge is 2.74. The number of hydrogen-bond donors (Lipinski definition) is 2. The van der Waals surface area contributed by atoms with Crippen LogP contribution >= 0.6 is 27.5 Å². The van der Waals surface area contributed by atoms with Crippen LogP contribution in [0.5, 0.6) is 0 Å². The number of hydrogen-bond acceptors (Lipinski definition) is 7. The third-order valence-electron chi connectivity index (χ3n) is 9.33. The van der Waals surface area contributed by atoms with Gasteiger partial charge in [0.2, 0.25) is 11.8 Å². The number of aliphatic hydroxyl groups is 1. The Labute approximate surface area is 286 Å². The van der Waals surface area contributed by atoms with E-state index in [4.69, 9.17) is 21.1 Å². The number of aliphatic hydroxyl groups excluding tert-OH is 1. The van der Waals surface area contributed by atoms with Gasteiger partial charge in [0.15, 0.2) is 0 Å². The molecule has 4 aliphatic rings. The molecule has 6 atom stereocenters. The molecule has 4 aliphatic heterocycles. The molecule has 5 bridgehead atoms. The van der Waals surface area contributed by atoms with Gasteiger partial charge in [0.25, 0.3) is 5.91 Å². The summed E-state index contributed by atoms with van der Waals surface area (Å²) >= 11 is 10.2. The zero-order valence-corrected chi connectivity index (χ0v) is 28.1. The van der Waals surface area contributed by atoms with Crippen LogP contribution in [-0.2, 0) is 28.7 Å². The number of nitrogens with one attached hydrogen (secondary N) is 1. The van der Waals surface area contributed by atoms with E-state index in [0.29, 0.717) is 40.9 Å². The summed E-state index contributed by atoms with van der Waals surface area (Å²) in [5.41, 5.74) is -0.210. The number of fused-ring (bicyclic) bond motifs is 2. The molecule has 2 N–H and O–H groups in total. The Bertz CT molecular complexity index is 1590. The molecule has 0 unspecified atom stereocenters. The Balaban J connectivity index is 1.44. The number of anilines is 1. The molecule has 0 aliphatic carbocycles. The van der Waals surface area contributed by atoms with Gasteiger partial charge in [-0.2, -0.15) is 0 Å². The maximum absolute atomic E-state index is 14.9. The summed E-state index contributed by atoms with van der Waals surface area (Å²) in [6, 6.07) is 14.4. The number of para-hydroxylation sites is 1. The van der Waals surface area contributed by atoms with E-state index in [1.807, 2.05) is 36.4 Å². The lowest BCUT2D eigenvalue weighted by molar-refractivity contribution is -0.145. The maximum atomic E-state index is 14.9. The summed E-state index contributed by atoms with van der Waals surface area (Å²) in [5, 5.41) is 12.8. The largest absolute Gasteiger partial charge is 0.463 e. The van der Waals surface area contributed by atoms with Crippen LogP contribution < -0.4 is 10.2 Å². The molecule has 0 aromatic heterocycles. The SMILES string of the molecule is O=C1CC/C=C\CN(c2ccccc2Cl)C(=O)[C@@H]2N(CCCCCO)C(=O)[C@H]3[C@H](C(=O)N[C@H](c4ccccc4)CO1)[C@H]1O[C@@]23C=C1Br. The molecule has 2 saturated heterocycles. The third-order valence-corrected chi connectivity index (χ3v) is 10.3. The van der Waals surface area contributed by atoms with Gasteiger partial charge in [-0.15, -0.1) is 0 Å². The van der Waals surface area contributed by atoms with E-state index in [-0.39, 0.29) is 38.6 Å². The lowest BCUT2D eigenvalue weighted by atomic mass is 9.74. The van der Waals surface area contributed by atoms with Crippen LogP contribution in [0.3, 0.4) is 0 Å². The monoisotopic (exact) mass is 725 g/mol. The first-order valence-electron chi connectivity index (χ1n) is 16.0. The van der Waals surface area contributed by atoms with Crippen LogP contribution in [0.15, 0.2) is 77.3 Å². The predicted octanol–water partition coefficient (Wildman–Crippen LogP) is 4.46. The molecule has 4 heterocycles. The number of esters is 1. The molecular weight excluding hydrogens is 690 g/mol. The molecule has 6 rings (SSSR count). The maximum Gasteiger partial charge on any atom is 0.306 e. The second-order valence-electron chi connectivity index (χ2n) is 12.2. The van der Waals surface area contributed by atoms with Crippen molar-refractivity contribution in [2.75, 3.05) is 31.2 Å². The number of ether oxygens (including phenoxy) is 2. The number of allylic oxidation sites excluding steroid dienone is 1. The Morgan fingerprint density at radius 3 is 2.51 bits per heavy atom. The molecule has 2 fully saturated rings. The summed E-state index contributed by atoms with van der Waals surface area (Å²) < 4.78 is 12.8. The highest BCUT2D eigenvalue weighted by molar-refractivity contribution is 9.11. The number of unbranched alkanes of at least 4 members (excludes halogenated alkanes) is 2. The van der Waals surface area contributed by atoms with Crippen molar-refractivity contribution in [3.63, 3.8) is 0 Å². The van der Waals surface area contributed by atoms with Crippen molar-refractivity contribution in [1.29, 1.82) is 0 Å². The minimum absolute atomic E-state index is 0.0239. The zero-order chi connectivity index (χ0) is 33.1. The van der Waals surface area contributed by atoms with E-state index in [9.17, 15) is 24.3 Å². The number of halogens is 2. The molecule has 47 heavy (non-hydrogen) atoms. The van der Waals surface area contributed by atoms with Crippen LogP contribution in [0.25, 0.3) is 0 Å². The number of nitrogens with zero attached hydrogens (tertiary/aromatic N) is 2. The van der Waals surface area contributed by atoms with Crippen LogP contribution in [-0.4, -0.2) is 77.7 Å². The lowest BCUT2D eigenvalue weighted by Gasteiger charge is -2.36. The molecule has 10 nitrogen and oxygen atoms in total. The first kappa shape index (κ1) is 33.4. The summed E-state index contributed by atoms with van der Waals surface area (Å²) in [5.74, 6) is -3.53. The van der Waals surface area contributed by atoms with E-state index < -0.39 is 53.4 Å². The second kappa shape index (κ2) is 14.3. The molecule has 2 aromatic carbocycles. The molecule has 12 heteroatoms. The third kappa shape index (κ3) is 6.38. The van der Waals surface area contributed by atoms with E-state index >= 15 is 0 Å². The molecule has 1 spiro atoms. The van der Waals surface area contributed by atoms with Gasteiger partial charge in [-0.3, -0.25) is 19.2 Å². The van der Waals surface area contributed by atoms with Gasteiger partial charge >= 0.3 is 5.97 Å². The van der Waals surface area contributed by atoms with Crippen molar-refractivity contribution < 1.29 is 33.8 Å². The number of amides is 3. The quantitative estimate of drug-likeness (QED) is 0.245. The van der Waals surface area contributed by atoms with Crippen molar-refractivity contribution in [3.8, 4) is 0 Å². The minimum Gasteiger partial charge on any atom is -0.463 e. The minimum atomic E-state index is -1.41. The first-order valence-corrected chi connectivity index (χ1v) is 17.1. The first-order chi connectivity index (χ1) is 22.8. The van der Waals surface area contributed by atoms with E-state index in [1.54, 1.807) is 41.3 Å². The number of carbonyl (C=O) groups excluding carboxylic acids is 4. The van der Waals surface area contributed by atoms with Crippen LogP contribution in [0.2, 0.25) is 5.02 Å². The molecule has 0 radical (unpaired) electrons. The standard InChI is InChI=1S/C35H37BrClN3O7/c36-23-20-35-29-28(30(23)47-35)32(43)38-25(22-12-4-1-5-13-22)21-46-27(42)16-6-2-9-17-39(26-15-8-7-14-24(26)37)34(45)31(35)40(33(29)44)18-10-3-11-19-41/h1-2,4-5,7-9,12-15,20,25,28-31,41H,3,6,10-11,16-19,21H2,(H,38,43)/b9-2-/t25-,28-,29+,30-,31-,35+/m0/s1. The van der Waals surface area contributed by atoms with Crippen LogP contribution in [0.4, 0.5) is 5.69 Å². The summed E-state index contributed by atoms with van der Waals surface area (Å²) in [4.78, 5) is 59.4. The van der Waals surface area contributed by atoms with Gasteiger partial charge < -0.3 is 29.7 Å². The fourth-order valence-corrected chi connectivity index (χ4v) is 8.13. The Hall–Kier alpha value is -3.51. The predicted molar refractivity (Wildman–Crippen MR) is 178 cm³/mol. The topological polar surface area (TPSA) is 125 Å². The van der Waals surface area contributed by atoms with Gasteiger partial charge in [0.05, 0.1) is 28.6 Å².